The van der Waals surface area contributed by atoms with Gasteiger partial charge in [0.25, 0.3) is 0 Å². The molecule has 1 unspecified atom stereocenters. The molecule has 0 heterocycles. The molecule has 18 heavy (non-hydrogen) atoms. The van der Waals surface area contributed by atoms with Crippen molar-refractivity contribution >= 4 is 0 Å². The van der Waals surface area contributed by atoms with Crippen LogP contribution in [-0.2, 0) is 37.4 Å². The third kappa shape index (κ3) is 43.5. The smallest absolute Gasteiger partial charge is 0.0770 e. The first kappa shape index (κ1) is 31.4. The third-order valence-electron chi connectivity index (χ3n) is 1.77. The summed E-state index contributed by atoms with van der Waals surface area (Å²) < 4.78 is 4.64. The first-order valence-corrected chi connectivity index (χ1v) is 6.38. The second kappa shape index (κ2) is 30.8. The fraction of sp³-hybridized carbons (Fsp3) is 1.00. The standard InChI is InChI=1S/C5H12O2.C5H12O.C3H8.CH4.Y/c1-3-5(6)4-7-2;1-3-5(6)4-2;1-3-2;;/h5-6H,3-4H2,1-2H3;5-6H,3-4H2,1-2H3;3H2,1-2H3;1H4;. The van der Waals surface area contributed by atoms with Crippen LogP contribution in [0.25, 0.3) is 0 Å². The number of hydrogen-bond acceptors (Lipinski definition) is 3. The minimum absolute atomic E-state index is 0. The predicted molar refractivity (Wildman–Crippen MR) is 77.5 cm³/mol. The molecule has 0 rings (SSSR count). The van der Waals surface area contributed by atoms with Gasteiger partial charge in [-0.05, 0) is 19.3 Å². The van der Waals surface area contributed by atoms with Crippen LogP contribution in [0.4, 0.5) is 0 Å². The summed E-state index contributed by atoms with van der Waals surface area (Å²) in [5.74, 6) is 0. The minimum atomic E-state index is -0.273. The molecular formula is C14H36O3Y. The number of aliphatic hydroxyl groups excluding tert-OH is 2. The van der Waals surface area contributed by atoms with Gasteiger partial charge in [-0.1, -0.05) is 48.5 Å². The molecular weight excluding hydrogens is 305 g/mol. The molecule has 0 aliphatic rings. The zero-order valence-electron chi connectivity index (χ0n) is 12.6. The Balaban J connectivity index is -0.0000000475. The molecule has 0 bridgehead atoms. The molecule has 0 saturated carbocycles. The van der Waals surface area contributed by atoms with Gasteiger partial charge >= 0.3 is 0 Å². The zero-order valence-corrected chi connectivity index (χ0v) is 15.4. The Bertz CT molecular complexity index is 99.0. The van der Waals surface area contributed by atoms with E-state index in [1.54, 1.807) is 7.11 Å². The van der Waals surface area contributed by atoms with Crippen molar-refractivity contribution in [2.75, 3.05) is 13.7 Å². The Morgan fingerprint density at radius 3 is 1.17 bits per heavy atom. The van der Waals surface area contributed by atoms with Crippen molar-refractivity contribution < 1.29 is 47.7 Å². The summed E-state index contributed by atoms with van der Waals surface area (Å²) in [5.41, 5.74) is 0. The van der Waals surface area contributed by atoms with Crippen molar-refractivity contribution in [2.24, 2.45) is 0 Å². The maximum atomic E-state index is 8.73. The van der Waals surface area contributed by atoms with Crippen molar-refractivity contribution in [1.29, 1.82) is 0 Å². The van der Waals surface area contributed by atoms with Crippen LogP contribution in [0.5, 0.6) is 0 Å². The van der Waals surface area contributed by atoms with E-state index in [1.165, 1.54) is 6.42 Å². The van der Waals surface area contributed by atoms with Crippen molar-refractivity contribution in [3.63, 3.8) is 0 Å². The average Bonchev–Trinajstić information content (AvgIpc) is 2.30. The van der Waals surface area contributed by atoms with Gasteiger partial charge in [-0.3, -0.25) is 0 Å². The summed E-state index contributed by atoms with van der Waals surface area (Å²) in [4.78, 5) is 0. The van der Waals surface area contributed by atoms with E-state index in [0.717, 1.165) is 19.3 Å². The topological polar surface area (TPSA) is 49.7 Å². The van der Waals surface area contributed by atoms with Crippen LogP contribution < -0.4 is 0 Å². The monoisotopic (exact) mass is 341 g/mol. The predicted octanol–water partition coefficient (Wildman–Crippen LogP) is 3.62. The first-order chi connectivity index (χ1) is 7.53. The molecule has 113 valence electrons. The largest absolute Gasteiger partial charge is 0.393 e. The van der Waals surface area contributed by atoms with Gasteiger partial charge < -0.3 is 14.9 Å². The fourth-order valence-electron chi connectivity index (χ4n) is 0.599. The Morgan fingerprint density at radius 1 is 0.833 bits per heavy atom. The van der Waals surface area contributed by atoms with Gasteiger partial charge in [0.2, 0.25) is 0 Å². The van der Waals surface area contributed by atoms with Crippen LogP contribution in [0, 0.1) is 0 Å². The van der Waals surface area contributed by atoms with Crippen molar-refractivity contribution in [2.45, 2.75) is 79.9 Å². The molecule has 1 radical (unpaired) electrons. The molecule has 0 aromatic rings. The number of aliphatic hydroxyl groups is 2. The Hall–Kier alpha value is 0.984. The summed E-state index contributed by atoms with van der Waals surface area (Å²) in [6.07, 6.45) is 3.45. The van der Waals surface area contributed by atoms with Gasteiger partial charge in [-0.2, -0.15) is 0 Å². The molecule has 0 aliphatic carbocycles. The van der Waals surface area contributed by atoms with Gasteiger partial charge in [0.15, 0.2) is 0 Å². The first-order valence-electron chi connectivity index (χ1n) is 6.38. The summed E-state index contributed by atoms with van der Waals surface area (Å²) in [6, 6.07) is 0. The van der Waals surface area contributed by atoms with Gasteiger partial charge in [-0.25, -0.2) is 0 Å². The number of rotatable bonds is 5. The molecule has 0 amide bonds. The van der Waals surface area contributed by atoms with Gasteiger partial charge in [0, 0.05) is 39.8 Å². The van der Waals surface area contributed by atoms with Crippen LogP contribution in [0.2, 0.25) is 0 Å². The zero-order chi connectivity index (χ0) is 13.4. The van der Waals surface area contributed by atoms with E-state index in [0.29, 0.717) is 6.61 Å². The van der Waals surface area contributed by atoms with E-state index in [4.69, 9.17) is 10.2 Å². The molecule has 3 nitrogen and oxygen atoms in total. The summed E-state index contributed by atoms with van der Waals surface area (Å²) in [6.45, 7) is 10.6. The van der Waals surface area contributed by atoms with E-state index < -0.39 is 0 Å². The number of ether oxygens (including phenoxy) is 1. The SMILES string of the molecule is C.CCC.CCC(O)CC.CCC(O)COC.[Y]. The van der Waals surface area contributed by atoms with Crippen molar-refractivity contribution in [3.8, 4) is 0 Å². The number of hydrogen-bond donors (Lipinski definition) is 2. The Labute approximate surface area is 141 Å². The molecule has 0 aliphatic heterocycles. The molecule has 0 spiro atoms. The quantitative estimate of drug-likeness (QED) is 0.803. The summed E-state index contributed by atoms with van der Waals surface area (Å²) >= 11 is 0. The average molecular weight is 341 g/mol. The van der Waals surface area contributed by atoms with Crippen molar-refractivity contribution in [1.82, 2.24) is 0 Å². The van der Waals surface area contributed by atoms with E-state index in [1.807, 2.05) is 20.8 Å². The molecule has 4 heteroatoms. The van der Waals surface area contributed by atoms with E-state index in [9.17, 15) is 0 Å². The molecule has 0 aromatic carbocycles. The van der Waals surface area contributed by atoms with Gasteiger partial charge in [-0.15, -0.1) is 0 Å². The fourth-order valence-corrected chi connectivity index (χ4v) is 0.599. The van der Waals surface area contributed by atoms with Gasteiger partial charge in [0.1, 0.15) is 0 Å². The molecule has 1 atom stereocenters. The van der Waals surface area contributed by atoms with Crippen LogP contribution in [0.15, 0.2) is 0 Å². The summed E-state index contributed by atoms with van der Waals surface area (Å²) in [7, 11) is 1.58. The van der Waals surface area contributed by atoms with Crippen LogP contribution in [0.3, 0.4) is 0 Å². The Kier molecular flexibility index (Phi) is 53.7. The van der Waals surface area contributed by atoms with Crippen molar-refractivity contribution in [3.05, 3.63) is 0 Å². The molecule has 2 N–H and O–H groups in total. The van der Waals surface area contributed by atoms with E-state index in [-0.39, 0.29) is 52.3 Å². The third-order valence-corrected chi connectivity index (χ3v) is 1.77. The molecule has 0 aromatic heterocycles. The van der Waals surface area contributed by atoms with Crippen LogP contribution in [-0.4, -0.2) is 36.1 Å². The second-order valence-electron chi connectivity index (χ2n) is 3.69. The van der Waals surface area contributed by atoms with Crippen LogP contribution >= 0.6 is 0 Å². The van der Waals surface area contributed by atoms with Crippen LogP contribution in [0.1, 0.15) is 67.7 Å². The maximum Gasteiger partial charge on any atom is 0.0770 e. The molecule has 0 saturated heterocycles. The molecule has 0 fully saturated rings. The van der Waals surface area contributed by atoms with E-state index in [2.05, 4.69) is 18.6 Å². The maximum absolute atomic E-state index is 8.73. The van der Waals surface area contributed by atoms with Gasteiger partial charge in [0.05, 0.1) is 18.8 Å². The summed E-state index contributed by atoms with van der Waals surface area (Å²) in [5, 5.41) is 17.4. The second-order valence-corrected chi connectivity index (χ2v) is 3.69. The normalized spacial score (nSPS) is 9.83. The van der Waals surface area contributed by atoms with E-state index >= 15 is 0 Å². The number of methoxy groups -OCH3 is 1. The minimum Gasteiger partial charge on any atom is -0.393 e. The Morgan fingerprint density at radius 2 is 1.11 bits per heavy atom.